The summed E-state index contributed by atoms with van der Waals surface area (Å²) < 4.78 is 0. The Morgan fingerprint density at radius 2 is 2.23 bits per heavy atom. The number of anilines is 1. The minimum Gasteiger partial charge on any atom is -0.383 e. The monoisotopic (exact) mass is 177 g/mol. The van der Waals surface area contributed by atoms with Crippen molar-refractivity contribution >= 4 is 17.0 Å². The average molecular weight is 177 g/mol. The molecule has 0 atom stereocenters. The summed E-state index contributed by atoms with van der Waals surface area (Å²) in [6, 6.07) is 0. The van der Waals surface area contributed by atoms with Gasteiger partial charge in [0.15, 0.2) is 5.65 Å². The summed E-state index contributed by atoms with van der Waals surface area (Å²) in [7, 11) is 0. The van der Waals surface area contributed by atoms with E-state index in [0.29, 0.717) is 5.52 Å². The highest BCUT2D eigenvalue weighted by Gasteiger charge is 2.03. The maximum Gasteiger partial charge on any atom is 0.348 e. The lowest BCUT2D eigenvalue weighted by Gasteiger charge is -1.98. The van der Waals surface area contributed by atoms with Crippen molar-refractivity contribution in [2.45, 2.75) is 6.92 Å². The average Bonchev–Trinajstić information content (AvgIpc) is 2.06. The highest BCUT2D eigenvalue weighted by atomic mass is 16.1. The fourth-order valence-corrected chi connectivity index (χ4v) is 1.03. The summed E-state index contributed by atoms with van der Waals surface area (Å²) >= 11 is 0. The van der Waals surface area contributed by atoms with Gasteiger partial charge in [-0.3, -0.25) is 4.98 Å². The lowest BCUT2D eigenvalue weighted by Crippen LogP contribution is -2.14. The minimum atomic E-state index is -0.511. The standard InChI is InChI=1S/C7H7N5O/c1-3-2-9-6-4(10-3)5(8)11-7(13)12-6/h2H,1H3,(H3,8,9,11,12,13). The minimum absolute atomic E-state index is 0.200. The van der Waals surface area contributed by atoms with Gasteiger partial charge < -0.3 is 5.73 Å². The first-order valence-corrected chi connectivity index (χ1v) is 3.66. The normalized spacial score (nSPS) is 10.5. The van der Waals surface area contributed by atoms with Crippen molar-refractivity contribution in [1.82, 2.24) is 19.9 Å². The third-order valence-electron chi connectivity index (χ3n) is 1.58. The van der Waals surface area contributed by atoms with E-state index in [0.717, 1.165) is 5.69 Å². The fraction of sp³-hybridized carbons (Fsp3) is 0.143. The zero-order valence-electron chi connectivity index (χ0n) is 6.90. The molecule has 0 aliphatic heterocycles. The van der Waals surface area contributed by atoms with E-state index in [1.165, 1.54) is 6.20 Å². The zero-order chi connectivity index (χ0) is 9.42. The predicted molar refractivity (Wildman–Crippen MR) is 47.1 cm³/mol. The van der Waals surface area contributed by atoms with E-state index < -0.39 is 5.69 Å². The Hall–Kier alpha value is -1.98. The van der Waals surface area contributed by atoms with Crippen molar-refractivity contribution in [3.05, 3.63) is 22.4 Å². The van der Waals surface area contributed by atoms with Crippen LogP contribution >= 0.6 is 0 Å². The van der Waals surface area contributed by atoms with Gasteiger partial charge in [-0.2, -0.15) is 4.98 Å². The van der Waals surface area contributed by atoms with Crippen molar-refractivity contribution in [3.63, 3.8) is 0 Å². The molecule has 6 heteroatoms. The van der Waals surface area contributed by atoms with Gasteiger partial charge in [-0.15, -0.1) is 0 Å². The molecule has 13 heavy (non-hydrogen) atoms. The van der Waals surface area contributed by atoms with E-state index in [-0.39, 0.29) is 11.5 Å². The van der Waals surface area contributed by atoms with E-state index in [1.54, 1.807) is 6.92 Å². The molecule has 2 rings (SSSR count). The molecule has 0 aromatic carbocycles. The molecule has 0 aliphatic carbocycles. The third-order valence-corrected chi connectivity index (χ3v) is 1.58. The lowest BCUT2D eigenvalue weighted by atomic mass is 10.4. The zero-order valence-corrected chi connectivity index (χ0v) is 6.90. The van der Waals surface area contributed by atoms with Crippen LogP contribution in [0.25, 0.3) is 11.2 Å². The summed E-state index contributed by atoms with van der Waals surface area (Å²) in [4.78, 5) is 24.9. The van der Waals surface area contributed by atoms with Gasteiger partial charge in [0.1, 0.15) is 11.3 Å². The number of fused-ring (bicyclic) bond motifs is 1. The molecule has 6 nitrogen and oxygen atoms in total. The molecule has 3 N–H and O–H groups in total. The Labute approximate surface area is 72.9 Å². The van der Waals surface area contributed by atoms with Crippen LogP contribution in [0.4, 0.5) is 5.82 Å². The van der Waals surface area contributed by atoms with Gasteiger partial charge in [-0.05, 0) is 6.92 Å². The summed E-state index contributed by atoms with van der Waals surface area (Å²) in [5.41, 5.74) is 6.45. The molecule has 0 saturated heterocycles. The van der Waals surface area contributed by atoms with Crippen LogP contribution in [0.1, 0.15) is 5.69 Å². The molecule has 0 radical (unpaired) electrons. The van der Waals surface area contributed by atoms with Gasteiger partial charge in [-0.25, -0.2) is 14.8 Å². The van der Waals surface area contributed by atoms with E-state index in [1.807, 2.05) is 0 Å². The highest BCUT2D eigenvalue weighted by Crippen LogP contribution is 2.08. The van der Waals surface area contributed by atoms with Crippen LogP contribution in [0.15, 0.2) is 11.0 Å². The van der Waals surface area contributed by atoms with Crippen molar-refractivity contribution < 1.29 is 0 Å². The van der Waals surface area contributed by atoms with Crippen LogP contribution < -0.4 is 11.4 Å². The Morgan fingerprint density at radius 3 is 3.00 bits per heavy atom. The summed E-state index contributed by atoms with van der Waals surface area (Å²) in [5.74, 6) is 0.200. The van der Waals surface area contributed by atoms with Crippen LogP contribution in [0, 0.1) is 6.92 Å². The van der Waals surface area contributed by atoms with Crippen LogP contribution in [0.5, 0.6) is 0 Å². The number of nitrogen functional groups attached to an aromatic ring is 1. The molecule has 0 saturated carbocycles. The van der Waals surface area contributed by atoms with E-state index >= 15 is 0 Å². The van der Waals surface area contributed by atoms with Crippen molar-refractivity contribution in [2.24, 2.45) is 0 Å². The van der Waals surface area contributed by atoms with Crippen molar-refractivity contribution in [2.75, 3.05) is 5.73 Å². The number of aromatic nitrogens is 4. The summed E-state index contributed by atoms with van der Waals surface area (Å²) in [6.07, 6.45) is 1.54. The second kappa shape index (κ2) is 2.51. The second-order valence-electron chi connectivity index (χ2n) is 2.64. The van der Waals surface area contributed by atoms with E-state index in [9.17, 15) is 4.79 Å². The molecule has 0 fully saturated rings. The van der Waals surface area contributed by atoms with Crippen LogP contribution in [-0.2, 0) is 0 Å². The number of nitrogens with zero attached hydrogens (tertiary/aromatic N) is 3. The van der Waals surface area contributed by atoms with Gasteiger partial charge in [0, 0.05) is 0 Å². The topological polar surface area (TPSA) is 97.5 Å². The molecule has 0 amide bonds. The number of nitrogens with one attached hydrogen (secondary N) is 1. The third kappa shape index (κ3) is 1.22. The lowest BCUT2D eigenvalue weighted by molar-refractivity contribution is 1.07. The summed E-state index contributed by atoms with van der Waals surface area (Å²) in [5, 5.41) is 0. The Balaban J connectivity index is 2.95. The fourth-order valence-electron chi connectivity index (χ4n) is 1.03. The molecule has 0 aliphatic rings. The first-order valence-electron chi connectivity index (χ1n) is 3.66. The molecule has 0 bridgehead atoms. The van der Waals surface area contributed by atoms with Crippen LogP contribution in [0.3, 0.4) is 0 Å². The number of hydrogen-bond acceptors (Lipinski definition) is 5. The molecule has 66 valence electrons. The maximum absolute atomic E-state index is 10.9. The maximum atomic E-state index is 10.9. The Bertz CT molecular complexity index is 518. The van der Waals surface area contributed by atoms with Crippen LogP contribution in [0.2, 0.25) is 0 Å². The molecular weight excluding hydrogens is 170 g/mol. The predicted octanol–water partition coefficient (Wildman–Crippen LogP) is -0.396. The van der Waals surface area contributed by atoms with Crippen molar-refractivity contribution in [3.8, 4) is 0 Å². The van der Waals surface area contributed by atoms with Gasteiger partial charge >= 0.3 is 5.69 Å². The van der Waals surface area contributed by atoms with Crippen molar-refractivity contribution in [1.29, 1.82) is 0 Å². The highest BCUT2D eigenvalue weighted by molar-refractivity contribution is 5.79. The molecule has 2 heterocycles. The van der Waals surface area contributed by atoms with E-state index in [2.05, 4.69) is 19.9 Å². The van der Waals surface area contributed by atoms with Gasteiger partial charge in [0.2, 0.25) is 0 Å². The number of aromatic amines is 1. The largest absolute Gasteiger partial charge is 0.383 e. The molecule has 2 aromatic rings. The quantitative estimate of drug-likeness (QED) is 0.570. The number of nitrogens with two attached hydrogens (primary N) is 1. The number of aryl methyl sites for hydroxylation is 1. The summed E-state index contributed by atoms with van der Waals surface area (Å²) in [6.45, 7) is 1.79. The first-order chi connectivity index (χ1) is 6.16. The van der Waals surface area contributed by atoms with E-state index in [4.69, 9.17) is 5.73 Å². The molecular formula is C7H7N5O. The number of hydrogen-bond donors (Lipinski definition) is 2. The number of H-pyrrole nitrogens is 1. The van der Waals surface area contributed by atoms with Gasteiger partial charge in [-0.1, -0.05) is 0 Å². The Kier molecular flexibility index (Phi) is 1.48. The second-order valence-corrected chi connectivity index (χ2v) is 2.64. The first kappa shape index (κ1) is 7.66. The van der Waals surface area contributed by atoms with Gasteiger partial charge in [0.25, 0.3) is 0 Å². The SMILES string of the molecule is Cc1cnc2nc(=O)[nH]c(N)c2n1. The Morgan fingerprint density at radius 1 is 1.46 bits per heavy atom. The number of rotatable bonds is 0. The molecule has 2 aromatic heterocycles. The molecule has 0 spiro atoms. The molecule has 0 unspecified atom stereocenters. The smallest absolute Gasteiger partial charge is 0.348 e. The van der Waals surface area contributed by atoms with Gasteiger partial charge in [0.05, 0.1) is 11.9 Å². The van der Waals surface area contributed by atoms with Crippen LogP contribution in [-0.4, -0.2) is 19.9 Å².